The third-order valence-electron chi connectivity index (χ3n) is 5.39. The summed E-state index contributed by atoms with van der Waals surface area (Å²) in [6.45, 7) is 5.32. The first-order valence-corrected chi connectivity index (χ1v) is 9.67. The Morgan fingerprint density at radius 1 is 0.962 bits per heavy atom. The van der Waals surface area contributed by atoms with Crippen LogP contribution in [0.1, 0.15) is 53.1 Å². The third-order valence-corrected chi connectivity index (χ3v) is 5.39. The minimum Gasteiger partial charge on any atom is -0.356 e. The number of hydrogen-bond donors (Lipinski definition) is 0. The van der Waals surface area contributed by atoms with Gasteiger partial charge in [0.15, 0.2) is 0 Å². The van der Waals surface area contributed by atoms with Gasteiger partial charge in [-0.2, -0.15) is 0 Å². The van der Waals surface area contributed by atoms with E-state index >= 15 is 0 Å². The molecule has 0 atom stereocenters. The summed E-state index contributed by atoms with van der Waals surface area (Å²) in [7, 11) is 0. The van der Waals surface area contributed by atoms with E-state index in [1.165, 1.54) is 36.8 Å². The molecule has 1 fully saturated rings. The highest BCUT2D eigenvalue weighted by molar-refractivity contribution is 5.93. The molecule has 1 saturated heterocycles. The zero-order valence-corrected chi connectivity index (χ0v) is 15.4. The van der Waals surface area contributed by atoms with Crippen molar-refractivity contribution in [3.63, 3.8) is 0 Å². The number of nitrogens with zero attached hydrogens (tertiary/aromatic N) is 4. The van der Waals surface area contributed by atoms with Crippen LogP contribution in [0.2, 0.25) is 0 Å². The van der Waals surface area contributed by atoms with E-state index in [-0.39, 0.29) is 5.91 Å². The molecule has 4 rings (SSSR count). The van der Waals surface area contributed by atoms with Crippen molar-refractivity contribution in [2.45, 2.75) is 45.6 Å². The maximum absolute atomic E-state index is 13.1. The number of benzene rings is 1. The molecule has 0 spiro atoms. The van der Waals surface area contributed by atoms with Crippen molar-refractivity contribution >= 4 is 11.7 Å². The van der Waals surface area contributed by atoms with Crippen LogP contribution in [0.4, 0.5) is 5.82 Å². The second kappa shape index (κ2) is 7.44. The molecule has 2 aromatic rings. The van der Waals surface area contributed by atoms with E-state index in [9.17, 15) is 4.79 Å². The highest BCUT2D eigenvalue weighted by Crippen LogP contribution is 2.22. The molecule has 1 aromatic heterocycles. The normalized spacial score (nSPS) is 17.6. The zero-order chi connectivity index (χ0) is 17.9. The number of amides is 1. The molecule has 5 nitrogen and oxygen atoms in total. The predicted octanol–water partition coefficient (Wildman–Crippen LogP) is 3.36. The molecule has 0 N–H and O–H groups in total. The maximum atomic E-state index is 13.1. The molecule has 2 aliphatic heterocycles. The Hall–Kier alpha value is -2.43. The molecule has 1 amide bonds. The molecule has 0 bridgehead atoms. The van der Waals surface area contributed by atoms with Crippen LogP contribution >= 0.6 is 0 Å². The van der Waals surface area contributed by atoms with Crippen molar-refractivity contribution in [2.24, 2.45) is 0 Å². The van der Waals surface area contributed by atoms with Crippen LogP contribution in [0.25, 0.3) is 0 Å². The molecule has 3 heterocycles. The SMILES string of the molecule is Cc1nc(C(=O)N2CCc3ccccc3C2)cc(N2CCCCCC2)n1. The second-order valence-electron chi connectivity index (χ2n) is 7.31. The fourth-order valence-corrected chi connectivity index (χ4v) is 3.95. The first-order chi connectivity index (χ1) is 12.7. The van der Waals surface area contributed by atoms with E-state index < -0.39 is 0 Å². The molecular formula is C21H26N4O. The number of rotatable bonds is 2. The lowest BCUT2D eigenvalue weighted by molar-refractivity contribution is 0.0728. The minimum atomic E-state index is 0.0149. The molecule has 5 heteroatoms. The van der Waals surface area contributed by atoms with Crippen molar-refractivity contribution in [3.8, 4) is 0 Å². The summed E-state index contributed by atoms with van der Waals surface area (Å²) >= 11 is 0. The smallest absolute Gasteiger partial charge is 0.272 e. The summed E-state index contributed by atoms with van der Waals surface area (Å²) in [5.41, 5.74) is 3.11. The van der Waals surface area contributed by atoms with Crippen molar-refractivity contribution in [1.82, 2.24) is 14.9 Å². The minimum absolute atomic E-state index is 0.0149. The molecular weight excluding hydrogens is 324 g/mol. The van der Waals surface area contributed by atoms with Gasteiger partial charge in [0.1, 0.15) is 17.3 Å². The molecule has 26 heavy (non-hydrogen) atoms. The van der Waals surface area contributed by atoms with Gasteiger partial charge in [-0.1, -0.05) is 37.1 Å². The average Bonchev–Trinajstić information content (AvgIpc) is 2.96. The monoisotopic (exact) mass is 350 g/mol. The van der Waals surface area contributed by atoms with Gasteiger partial charge in [-0.05, 0) is 37.3 Å². The van der Waals surface area contributed by atoms with Gasteiger partial charge in [0.05, 0.1) is 0 Å². The lowest BCUT2D eigenvalue weighted by Crippen LogP contribution is -2.36. The number of carbonyl (C=O) groups is 1. The van der Waals surface area contributed by atoms with Crippen molar-refractivity contribution in [2.75, 3.05) is 24.5 Å². The van der Waals surface area contributed by atoms with Crippen LogP contribution in [-0.2, 0) is 13.0 Å². The van der Waals surface area contributed by atoms with Gasteiger partial charge >= 0.3 is 0 Å². The first kappa shape index (κ1) is 17.0. The van der Waals surface area contributed by atoms with E-state index in [1.807, 2.05) is 24.0 Å². The number of anilines is 1. The Kier molecular flexibility index (Phi) is 4.87. The van der Waals surface area contributed by atoms with Crippen LogP contribution < -0.4 is 4.90 Å². The van der Waals surface area contributed by atoms with Crippen molar-refractivity contribution < 1.29 is 4.79 Å². The van der Waals surface area contributed by atoms with Crippen LogP contribution in [0.15, 0.2) is 30.3 Å². The van der Waals surface area contributed by atoms with Gasteiger partial charge in [-0.15, -0.1) is 0 Å². The van der Waals surface area contributed by atoms with Gasteiger partial charge < -0.3 is 9.80 Å². The van der Waals surface area contributed by atoms with E-state index in [0.29, 0.717) is 18.1 Å². The van der Waals surface area contributed by atoms with Crippen LogP contribution in [0.5, 0.6) is 0 Å². The molecule has 0 saturated carbocycles. The average molecular weight is 350 g/mol. The zero-order valence-electron chi connectivity index (χ0n) is 15.4. The Balaban J connectivity index is 1.56. The quantitative estimate of drug-likeness (QED) is 0.833. The Labute approximate surface area is 155 Å². The van der Waals surface area contributed by atoms with Crippen molar-refractivity contribution in [1.29, 1.82) is 0 Å². The number of carbonyl (C=O) groups excluding carboxylic acids is 1. The standard InChI is InChI=1S/C21H26N4O/c1-16-22-19(14-20(23-16)24-11-6-2-3-7-12-24)21(26)25-13-10-17-8-4-5-9-18(17)15-25/h4-5,8-9,14H,2-3,6-7,10-13,15H2,1H3. The molecule has 0 unspecified atom stereocenters. The van der Waals surface area contributed by atoms with Gasteiger partial charge in [-0.3, -0.25) is 4.79 Å². The molecule has 136 valence electrons. The summed E-state index contributed by atoms with van der Waals surface area (Å²) in [6.07, 6.45) is 5.84. The summed E-state index contributed by atoms with van der Waals surface area (Å²) < 4.78 is 0. The van der Waals surface area contributed by atoms with E-state index in [1.54, 1.807) is 0 Å². The first-order valence-electron chi connectivity index (χ1n) is 9.67. The topological polar surface area (TPSA) is 49.3 Å². The highest BCUT2D eigenvalue weighted by atomic mass is 16.2. The third kappa shape index (κ3) is 3.57. The van der Waals surface area contributed by atoms with Gasteiger partial charge in [0, 0.05) is 32.2 Å². The van der Waals surface area contributed by atoms with Gasteiger partial charge in [-0.25, -0.2) is 9.97 Å². The Bertz CT molecular complexity index is 796. The molecule has 1 aromatic carbocycles. The van der Waals surface area contributed by atoms with Crippen LogP contribution in [0.3, 0.4) is 0 Å². The second-order valence-corrected chi connectivity index (χ2v) is 7.31. The highest BCUT2D eigenvalue weighted by Gasteiger charge is 2.24. The van der Waals surface area contributed by atoms with E-state index in [4.69, 9.17) is 0 Å². The number of aryl methyl sites for hydroxylation is 1. The fraction of sp³-hybridized carbons (Fsp3) is 0.476. The summed E-state index contributed by atoms with van der Waals surface area (Å²) in [4.78, 5) is 26.4. The summed E-state index contributed by atoms with van der Waals surface area (Å²) in [6, 6.07) is 10.3. The largest absolute Gasteiger partial charge is 0.356 e. The summed E-state index contributed by atoms with van der Waals surface area (Å²) in [5, 5.41) is 0. The van der Waals surface area contributed by atoms with Crippen LogP contribution in [0, 0.1) is 6.92 Å². The maximum Gasteiger partial charge on any atom is 0.272 e. The summed E-state index contributed by atoms with van der Waals surface area (Å²) in [5.74, 6) is 1.59. The lowest BCUT2D eigenvalue weighted by atomic mass is 10.00. The van der Waals surface area contributed by atoms with Gasteiger partial charge in [0.25, 0.3) is 5.91 Å². The lowest BCUT2D eigenvalue weighted by Gasteiger charge is -2.29. The predicted molar refractivity (Wildman–Crippen MR) is 102 cm³/mol. The van der Waals surface area contributed by atoms with Gasteiger partial charge in [0.2, 0.25) is 0 Å². The van der Waals surface area contributed by atoms with E-state index in [0.717, 1.165) is 31.9 Å². The van der Waals surface area contributed by atoms with E-state index in [2.05, 4.69) is 33.1 Å². The van der Waals surface area contributed by atoms with Crippen molar-refractivity contribution in [3.05, 3.63) is 53.0 Å². The Morgan fingerprint density at radius 3 is 2.46 bits per heavy atom. The molecule has 2 aliphatic rings. The number of hydrogen-bond acceptors (Lipinski definition) is 4. The Morgan fingerprint density at radius 2 is 1.69 bits per heavy atom. The molecule has 0 aliphatic carbocycles. The van der Waals surface area contributed by atoms with Crippen LogP contribution in [-0.4, -0.2) is 40.4 Å². The number of fused-ring (bicyclic) bond motifs is 1. The fourth-order valence-electron chi connectivity index (χ4n) is 3.95. The number of aromatic nitrogens is 2. The molecule has 0 radical (unpaired) electrons.